The second kappa shape index (κ2) is 10.7. The van der Waals surface area contributed by atoms with Gasteiger partial charge in [0.25, 0.3) is 5.91 Å². The number of piperidine rings is 1. The van der Waals surface area contributed by atoms with E-state index in [9.17, 15) is 9.59 Å². The molecule has 1 N–H and O–H groups in total. The van der Waals surface area contributed by atoms with Gasteiger partial charge in [0.2, 0.25) is 5.91 Å². The number of unbranched alkanes of at least 4 members (excludes halogenated alkanes) is 1. The first-order valence-electron chi connectivity index (χ1n) is 10.5. The van der Waals surface area contributed by atoms with Gasteiger partial charge in [-0.15, -0.1) is 0 Å². The van der Waals surface area contributed by atoms with Crippen molar-refractivity contribution in [3.8, 4) is 11.5 Å². The average Bonchev–Trinajstić information content (AvgIpc) is 3.32. The van der Waals surface area contributed by atoms with Gasteiger partial charge in [-0.2, -0.15) is 0 Å². The van der Waals surface area contributed by atoms with Crippen LogP contribution >= 0.6 is 0 Å². The van der Waals surface area contributed by atoms with E-state index >= 15 is 0 Å². The van der Waals surface area contributed by atoms with E-state index in [-0.39, 0.29) is 17.7 Å². The van der Waals surface area contributed by atoms with E-state index in [0.717, 1.165) is 24.2 Å². The minimum Gasteiger partial charge on any atom is -0.493 e. The molecule has 0 bridgehead atoms. The summed E-state index contributed by atoms with van der Waals surface area (Å²) in [6.45, 7) is 4.34. The van der Waals surface area contributed by atoms with Crippen molar-refractivity contribution in [1.82, 2.24) is 10.2 Å². The van der Waals surface area contributed by atoms with Crippen molar-refractivity contribution < 1.29 is 23.5 Å². The molecule has 0 unspecified atom stereocenters. The molecule has 0 atom stereocenters. The van der Waals surface area contributed by atoms with Crippen LogP contribution in [0.5, 0.6) is 11.5 Å². The Balaban J connectivity index is 1.47. The molecule has 162 valence electrons. The first-order valence-corrected chi connectivity index (χ1v) is 10.5. The van der Waals surface area contributed by atoms with Crippen molar-refractivity contribution in [2.24, 2.45) is 5.92 Å². The Hall–Kier alpha value is -2.96. The van der Waals surface area contributed by atoms with Crippen LogP contribution < -0.4 is 14.8 Å². The summed E-state index contributed by atoms with van der Waals surface area (Å²) in [4.78, 5) is 26.7. The summed E-state index contributed by atoms with van der Waals surface area (Å²) in [7, 11) is 1.61. The first kappa shape index (κ1) is 21.7. The lowest BCUT2D eigenvalue weighted by atomic mass is 9.95. The van der Waals surface area contributed by atoms with Crippen LogP contribution in [-0.2, 0) is 11.3 Å². The lowest BCUT2D eigenvalue weighted by Crippen LogP contribution is -2.42. The van der Waals surface area contributed by atoms with Crippen LogP contribution in [0.3, 0.4) is 0 Å². The van der Waals surface area contributed by atoms with Gasteiger partial charge in [-0.05, 0) is 43.0 Å². The van der Waals surface area contributed by atoms with Gasteiger partial charge in [0.1, 0.15) is 6.26 Å². The molecule has 7 nitrogen and oxygen atoms in total. The highest BCUT2D eigenvalue weighted by molar-refractivity contribution is 5.94. The number of hydrogen-bond acceptors (Lipinski definition) is 5. The molecule has 0 aliphatic carbocycles. The van der Waals surface area contributed by atoms with Gasteiger partial charge in [0.15, 0.2) is 11.5 Å². The fourth-order valence-electron chi connectivity index (χ4n) is 3.51. The molecule has 1 aromatic heterocycles. The molecular formula is C23H30N2O5. The van der Waals surface area contributed by atoms with Gasteiger partial charge in [-0.1, -0.05) is 19.4 Å². The topological polar surface area (TPSA) is 81.0 Å². The molecule has 1 fully saturated rings. The molecule has 3 rings (SSSR count). The normalized spacial score (nSPS) is 14.4. The Bertz CT molecular complexity index is 826. The second-order valence-electron chi connectivity index (χ2n) is 7.48. The van der Waals surface area contributed by atoms with Gasteiger partial charge < -0.3 is 24.1 Å². The highest BCUT2D eigenvalue weighted by Crippen LogP contribution is 2.28. The molecule has 2 heterocycles. The van der Waals surface area contributed by atoms with Crippen LogP contribution in [0.1, 0.15) is 48.5 Å². The minimum atomic E-state index is -0.0862. The Morgan fingerprint density at radius 3 is 2.67 bits per heavy atom. The van der Waals surface area contributed by atoms with Crippen molar-refractivity contribution in [2.45, 2.75) is 39.2 Å². The highest BCUT2D eigenvalue weighted by atomic mass is 16.5. The Morgan fingerprint density at radius 1 is 1.20 bits per heavy atom. The number of furan rings is 1. The predicted molar refractivity (Wildman–Crippen MR) is 113 cm³/mol. The van der Waals surface area contributed by atoms with E-state index in [2.05, 4.69) is 12.2 Å². The first-order chi connectivity index (χ1) is 14.6. The third-order valence-corrected chi connectivity index (χ3v) is 5.37. The quantitative estimate of drug-likeness (QED) is 0.634. The maximum atomic E-state index is 12.6. The summed E-state index contributed by atoms with van der Waals surface area (Å²) in [6, 6.07) is 7.38. The molecule has 1 aliphatic rings. The number of ether oxygens (including phenoxy) is 2. The number of nitrogens with one attached hydrogen (secondary N) is 1. The molecule has 0 spiro atoms. The summed E-state index contributed by atoms with van der Waals surface area (Å²) in [5, 5.41) is 3.01. The van der Waals surface area contributed by atoms with Gasteiger partial charge in [-0.25, -0.2) is 0 Å². The molecule has 0 radical (unpaired) electrons. The zero-order valence-corrected chi connectivity index (χ0v) is 17.7. The Kier molecular flexibility index (Phi) is 7.76. The van der Waals surface area contributed by atoms with Crippen molar-refractivity contribution in [3.05, 3.63) is 47.9 Å². The molecule has 7 heteroatoms. The smallest absolute Gasteiger partial charge is 0.257 e. The van der Waals surface area contributed by atoms with Crippen LogP contribution in [0.15, 0.2) is 41.2 Å². The zero-order chi connectivity index (χ0) is 21.3. The van der Waals surface area contributed by atoms with Crippen molar-refractivity contribution in [2.75, 3.05) is 26.8 Å². The number of amides is 2. The molecule has 1 aromatic carbocycles. The highest BCUT2D eigenvalue weighted by Gasteiger charge is 2.28. The number of methoxy groups -OCH3 is 1. The van der Waals surface area contributed by atoms with E-state index in [1.54, 1.807) is 18.1 Å². The molecule has 0 saturated carbocycles. The molecule has 2 aromatic rings. The van der Waals surface area contributed by atoms with Crippen LogP contribution in [-0.4, -0.2) is 43.5 Å². The lowest BCUT2D eigenvalue weighted by Gasteiger charge is -2.31. The van der Waals surface area contributed by atoms with Crippen LogP contribution in [0.2, 0.25) is 0 Å². The van der Waals surface area contributed by atoms with Crippen molar-refractivity contribution in [1.29, 1.82) is 0 Å². The van der Waals surface area contributed by atoms with Gasteiger partial charge >= 0.3 is 0 Å². The van der Waals surface area contributed by atoms with E-state index in [1.807, 2.05) is 18.2 Å². The monoisotopic (exact) mass is 414 g/mol. The predicted octanol–water partition coefficient (Wildman–Crippen LogP) is 3.64. The number of rotatable bonds is 9. The zero-order valence-electron chi connectivity index (χ0n) is 17.7. The standard InChI is InChI=1S/C23H30N2O5/c1-3-4-12-30-20-6-5-17(14-21(20)28-2)15-24-22(26)18-7-10-25(11-8-18)23(27)19-9-13-29-16-19/h5-6,9,13-14,16,18H,3-4,7-8,10-12,15H2,1-2H3,(H,24,26). The maximum absolute atomic E-state index is 12.6. The lowest BCUT2D eigenvalue weighted by molar-refractivity contribution is -0.126. The fraction of sp³-hybridized carbons (Fsp3) is 0.478. The Labute approximate surface area is 177 Å². The largest absolute Gasteiger partial charge is 0.493 e. The van der Waals surface area contributed by atoms with Crippen LogP contribution in [0, 0.1) is 5.92 Å². The maximum Gasteiger partial charge on any atom is 0.257 e. The SMILES string of the molecule is CCCCOc1ccc(CNC(=O)C2CCN(C(=O)c3ccoc3)CC2)cc1OC. The molecule has 1 saturated heterocycles. The fourth-order valence-corrected chi connectivity index (χ4v) is 3.51. The Morgan fingerprint density at radius 2 is 2.00 bits per heavy atom. The number of carbonyl (C=O) groups is 2. The van der Waals surface area contributed by atoms with Crippen LogP contribution in [0.4, 0.5) is 0 Å². The van der Waals surface area contributed by atoms with E-state index in [0.29, 0.717) is 50.4 Å². The number of nitrogens with zero attached hydrogens (tertiary/aromatic N) is 1. The molecule has 2 amide bonds. The van der Waals surface area contributed by atoms with E-state index in [4.69, 9.17) is 13.9 Å². The van der Waals surface area contributed by atoms with E-state index in [1.165, 1.54) is 12.5 Å². The second-order valence-corrected chi connectivity index (χ2v) is 7.48. The summed E-state index contributed by atoms with van der Waals surface area (Å²) in [5.74, 6) is 1.28. The number of hydrogen-bond donors (Lipinski definition) is 1. The molecular weight excluding hydrogens is 384 g/mol. The van der Waals surface area contributed by atoms with Gasteiger partial charge in [0.05, 0.1) is 25.5 Å². The summed E-state index contributed by atoms with van der Waals surface area (Å²) in [5.41, 5.74) is 1.50. The number of carbonyl (C=O) groups excluding carboxylic acids is 2. The number of likely N-dealkylation sites (tertiary alicyclic amines) is 1. The van der Waals surface area contributed by atoms with Crippen LogP contribution in [0.25, 0.3) is 0 Å². The number of benzene rings is 1. The molecule has 30 heavy (non-hydrogen) atoms. The van der Waals surface area contributed by atoms with E-state index < -0.39 is 0 Å². The summed E-state index contributed by atoms with van der Waals surface area (Å²) >= 11 is 0. The van der Waals surface area contributed by atoms with Gasteiger partial charge in [0, 0.05) is 25.6 Å². The van der Waals surface area contributed by atoms with Crippen molar-refractivity contribution in [3.63, 3.8) is 0 Å². The van der Waals surface area contributed by atoms with Crippen molar-refractivity contribution >= 4 is 11.8 Å². The summed E-state index contributed by atoms with van der Waals surface area (Å²) in [6.07, 6.45) is 6.32. The van der Waals surface area contributed by atoms with Gasteiger partial charge in [-0.3, -0.25) is 9.59 Å². The average molecular weight is 415 g/mol. The minimum absolute atomic E-state index is 0.0210. The molecule has 1 aliphatic heterocycles. The summed E-state index contributed by atoms with van der Waals surface area (Å²) < 4.78 is 16.2. The third-order valence-electron chi connectivity index (χ3n) is 5.37. The third kappa shape index (κ3) is 5.55.